The van der Waals surface area contributed by atoms with E-state index in [0.717, 1.165) is 17.8 Å². The van der Waals surface area contributed by atoms with Crippen molar-refractivity contribution in [2.45, 2.75) is 59.5 Å². The number of aromatic nitrogens is 2. The molecule has 0 amide bonds. The van der Waals surface area contributed by atoms with Gasteiger partial charge in [0.15, 0.2) is 0 Å². The van der Waals surface area contributed by atoms with E-state index < -0.39 is 0 Å². The Labute approximate surface area is 167 Å². The van der Waals surface area contributed by atoms with Gasteiger partial charge in [0, 0.05) is 24.3 Å². The lowest BCUT2D eigenvalue weighted by molar-refractivity contribution is 0.408. The molecule has 0 spiro atoms. The zero-order chi connectivity index (χ0) is 20.3. The van der Waals surface area contributed by atoms with Gasteiger partial charge in [-0.15, -0.1) is 0 Å². The second-order valence-electron chi connectivity index (χ2n) is 8.03. The average Bonchev–Trinajstić information content (AvgIpc) is 2.67. The number of hydrogen-bond donors (Lipinski definition) is 1. The van der Waals surface area contributed by atoms with Gasteiger partial charge in [0.05, 0.1) is 5.69 Å². The highest BCUT2D eigenvalue weighted by atomic mass is 16.1. The molecule has 3 rings (SSSR count). The summed E-state index contributed by atoms with van der Waals surface area (Å²) in [5.41, 5.74) is 5.00. The highest BCUT2D eigenvalue weighted by Gasteiger charge is 2.16. The maximum Gasteiger partial charge on any atom is 0.258 e. The predicted molar refractivity (Wildman–Crippen MR) is 116 cm³/mol. The van der Waals surface area contributed by atoms with Crippen LogP contribution in [0.25, 0.3) is 5.65 Å². The second kappa shape index (κ2) is 8.70. The molecule has 2 heterocycles. The van der Waals surface area contributed by atoms with Crippen LogP contribution < -0.4 is 10.9 Å². The SMILES string of the molecule is CC[C@@H](C)c1ccc([C@@H](NCc2cc(=O)n3c(C)cccc3n2)C(C)C)cc1. The Morgan fingerprint density at radius 1 is 1.04 bits per heavy atom. The van der Waals surface area contributed by atoms with Crippen LogP contribution in [0.2, 0.25) is 0 Å². The van der Waals surface area contributed by atoms with Crippen LogP contribution in [0.3, 0.4) is 0 Å². The number of nitrogens with zero attached hydrogens (tertiary/aromatic N) is 2. The first-order chi connectivity index (χ1) is 13.4. The molecule has 148 valence electrons. The zero-order valence-corrected chi connectivity index (χ0v) is 17.6. The van der Waals surface area contributed by atoms with Crippen LogP contribution in [0.5, 0.6) is 0 Å². The number of fused-ring (bicyclic) bond motifs is 1. The van der Waals surface area contributed by atoms with Crippen LogP contribution in [-0.4, -0.2) is 9.38 Å². The van der Waals surface area contributed by atoms with Gasteiger partial charge in [-0.1, -0.05) is 58.0 Å². The largest absolute Gasteiger partial charge is 0.304 e. The van der Waals surface area contributed by atoms with Crippen LogP contribution in [0, 0.1) is 12.8 Å². The standard InChI is InChI=1S/C24H31N3O/c1-6-17(4)19-10-12-20(13-11-19)24(16(2)3)25-15-21-14-23(28)27-18(5)8-7-9-22(27)26-21/h7-14,16-17,24-25H,6,15H2,1-5H3/t17-,24+/m1/s1. The first kappa shape index (κ1) is 20.3. The van der Waals surface area contributed by atoms with E-state index >= 15 is 0 Å². The molecular formula is C24H31N3O. The Bertz CT molecular complexity index is 989. The van der Waals surface area contributed by atoms with Crippen molar-refractivity contribution in [3.8, 4) is 0 Å². The molecule has 1 aromatic carbocycles. The van der Waals surface area contributed by atoms with E-state index in [1.165, 1.54) is 11.1 Å². The summed E-state index contributed by atoms with van der Waals surface area (Å²) in [6.45, 7) is 11.4. The lowest BCUT2D eigenvalue weighted by Gasteiger charge is -2.23. The van der Waals surface area contributed by atoms with E-state index in [4.69, 9.17) is 0 Å². The Morgan fingerprint density at radius 3 is 2.36 bits per heavy atom. The Hall–Kier alpha value is -2.46. The summed E-state index contributed by atoms with van der Waals surface area (Å²) >= 11 is 0. The summed E-state index contributed by atoms with van der Waals surface area (Å²) in [5, 5.41) is 3.61. The van der Waals surface area contributed by atoms with Crippen molar-refractivity contribution in [3.05, 3.63) is 81.4 Å². The summed E-state index contributed by atoms with van der Waals surface area (Å²) in [5.74, 6) is 1.01. The third-order valence-corrected chi connectivity index (χ3v) is 5.58. The van der Waals surface area contributed by atoms with Gasteiger partial charge in [-0.25, -0.2) is 4.98 Å². The molecular weight excluding hydrogens is 346 g/mol. The van der Waals surface area contributed by atoms with Crippen molar-refractivity contribution in [2.24, 2.45) is 5.92 Å². The zero-order valence-electron chi connectivity index (χ0n) is 17.6. The van der Waals surface area contributed by atoms with E-state index in [-0.39, 0.29) is 11.6 Å². The fourth-order valence-electron chi connectivity index (χ4n) is 3.67. The summed E-state index contributed by atoms with van der Waals surface area (Å²) < 4.78 is 1.65. The third-order valence-electron chi connectivity index (χ3n) is 5.58. The minimum atomic E-state index is -0.0288. The van der Waals surface area contributed by atoms with Crippen LogP contribution in [0.1, 0.15) is 68.6 Å². The minimum absolute atomic E-state index is 0.0288. The highest BCUT2D eigenvalue weighted by molar-refractivity contribution is 5.40. The van der Waals surface area contributed by atoms with Crippen LogP contribution >= 0.6 is 0 Å². The van der Waals surface area contributed by atoms with E-state index in [1.54, 1.807) is 10.5 Å². The molecule has 0 saturated heterocycles. The second-order valence-corrected chi connectivity index (χ2v) is 8.03. The fourth-order valence-corrected chi connectivity index (χ4v) is 3.67. The van der Waals surface area contributed by atoms with Crippen molar-refractivity contribution < 1.29 is 0 Å². The molecule has 0 radical (unpaired) electrons. The molecule has 0 bridgehead atoms. The van der Waals surface area contributed by atoms with Gasteiger partial charge in [0.25, 0.3) is 5.56 Å². The van der Waals surface area contributed by atoms with Crippen molar-refractivity contribution in [2.75, 3.05) is 0 Å². The molecule has 1 N–H and O–H groups in total. The molecule has 0 fully saturated rings. The predicted octanol–water partition coefficient (Wildman–Crippen LogP) is 5.00. The van der Waals surface area contributed by atoms with E-state index in [1.807, 2.05) is 25.1 Å². The molecule has 4 heteroatoms. The van der Waals surface area contributed by atoms with Gasteiger partial charge >= 0.3 is 0 Å². The van der Waals surface area contributed by atoms with Crippen LogP contribution in [0.4, 0.5) is 0 Å². The van der Waals surface area contributed by atoms with Gasteiger partial charge < -0.3 is 5.32 Å². The van der Waals surface area contributed by atoms with Crippen molar-refractivity contribution in [1.82, 2.24) is 14.7 Å². The summed E-state index contributed by atoms with van der Waals surface area (Å²) in [7, 11) is 0. The average molecular weight is 378 g/mol. The maximum absolute atomic E-state index is 12.5. The quantitative estimate of drug-likeness (QED) is 0.630. The molecule has 2 aromatic heterocycles. The first-order valence-electron chi connectivity index (χ1n) is 10.2. The number of nitrogens with one attached hydrogen (secondary N) is 1. The van der Waals surface area contributed by atoms with Gasteiger partial charge in [0.1, 0.15) is 5.65 Å². The summed E-state index contributed by atoms with van der Waals surface area (Å²) in [6.07, 6.45) is 1.15. The van der Waals surface area contributed by atoms with Crippen molar-refractivity contribution >= 4 is 5.65 Å². The lowest BCUT2D eigenvalue weighted by Crippen LogP contribution is -2.27. The molecule has 0 aliphatic carbocycles. The van der Waals surface area contributed by atoms with Crippen LogP contribution in [-0.2, 0) is 6.54 Å². The lowest BCUT2D eigenvalue weighted by atomic mass is 9.92. The number of pyridine rings is 1. The van der Waals surface area contributed by atoms with Gasteiger partial charge in [-0.05, 0) is 48.4 Å². The number of rotatable bonds is 7. The molecule has 4 nitrogen and oxygen atoms in total. The van der Waals surface area contributed by atoms with E-state index in [0.29, 0.717) is 24.0 Å². The number of hydrogen-bond acceptors (Lipinski definition) is 3. The van der Waals surface area contributed by atoms with E-state index in [2.05, 4.69) is 62.3 Å². The summed E-state index contributed by atoms with van der Waals surface area (Å²) in [4.78, 5) is 17.2. The molecule has 3 aromatic rings. The molecule has 0 aliphatic rings. The van der Waals surface area contributed by atoms with Crippen molar-refractivity contribution in [1.29, 1.82) is 0 Å². The molecule has 2 atom stereocenters. The Kier molecular flexibility index (Phi) is 6.30. The fraction of sp³-hybridized carbons (Fsp3) is 0.417. The van der Waals surface area contributed by atoms with Crippen molar-refractivity contribution in [3.63, 3.8) is 0 Å². The molecule has 0 saturated carbocycles. The van der Waals surface area contributed by atoms with Crippen LogP contribution in [0.15, 0.2) is 53.3 Å². The first-order valence-corrected chi connectivity index (χ1v) is 10.2. The van der Waals surface area contributed by atoms with Gasteiger partial charge in [0.2, 0.25) is 0 Å². The van der Waals surface area contributed by atoms with Gasteiger partial charge in [-0.3, -0.25) is 9.20 Å². The number of aryl methyl sites for hydroxylation is 1. The number of benzene rings is 1. The highest BCUT2D eigenvalue weighted by Crippen LogP contribution is 2.25. The topological polar surface area (TPSA) is 46.4 Å². The molecule has 0 aliphatic heterocycles. The normalized spacial score (nSPS) is 13.8. The van der Waals surface area contributed by atoms with Gasteiger partial charge in [-0.2, -0.15) is 0 Å². The monoisotopic (exact) mass is 377 g/mol. The third kappa shape index (κ3) is 4.33. The maximum atomic E-state index is 12.5. The van der Waals surface area contributed by atoms with E-state index in [9.17, 15) is 4.79 Å². The molecule has 28 heavy (non-hydrogen) atoms. The minimum Gasteiger partial charge on any atom is -0.304 e. The smallest absolute Gasteiger partial charge is 0.258 e. The Balaban J connectivity index is 1.80. The summed E-state index contributed by atoms with van der Waals surface area (Å²) in [6, 6.07) is 16.5. The Morgan fingerprint density at radius 2 is 1.71 bits per heavy atom. The molecule has 0 unspecified atom stereocenters.